The molecule has 2 fully saturated rings. The molecule has 182 valence electrons. The summed E-state index contributed by atoms with van der Waals surface area (Å²) >= 11 is 0. The number of aromatic nitrogens is 6. The number of fused-ring (bicyclic) bond motifs is 2. The molecule has 0 spiro atoms. The Morgan fingerprint density at radius 1 is 0.750 bits per heavy atom. The summed E-state index contributed by atoms with van der Waals surface area (Å²) in [7, 11) is 0. The maximum atomic E-state index is 4.72. The number of nitrogens with zero attached hydrogens (tertiary/aromatic N) is 6. The van der Waals surface area contributed by atoms with E-state index in [1.165, 1.54) is 61.8 Å². The van der Waals surface area contributed by atoms with Gasteiger partial charge in [-0.05, 0) is 69.0 Å². The Morgan fingerprint density at radius 3 is 2.47 bits per heavy atom. The highest BCUT2D eigenvalue weighted by molar-refractivity contribution is 6.00. The second-order valence-electron chi connectivity index (χ2n) is 10.1. The van der Waals surface area contributed by atoms with E-state index in [1.807, 2.05) is 31.0 Å². The Labute approximate surface area is 209 Å². The topological polar surface area (TPSA) is 89.6 Å². The van der Waals surface area contributed by atoms with Crippen molar-refractivity contribution < 1.29 is 0 Å². The molecule has 2 aliphatic heterocycles. The van der Waals surface area contributed by atoms with Gasteiger partial charge in [-0.25, -0.2) is 0 Å². The number of H-pyrrole nitrogens is 2. The van der Waals surface area contributed by atoms with Crippen molar-refractivity contribution in [1.82, 2.24) is 35.0 Å². The third kappa shape index (κ3) is 3.91. The lowest BCUT2D eigenvalue weighted by atomic mass is 10.1. The number of pyridine rings is 3. The van der Waals surface area contributed by atoms with Crippen LogP contribution < -0.4 is 4.90 Å². The van der Waals surface area contributed by atoms with Crippen molar-refractivity contribution in [3.05, 3.63) is 54.7 Å². The Morgan fingerprint density at radius 2 is 1.58 bits per heavy atom. The van der Waals surface area contributed by atoms with Gasteiger partial charge in [-0.1, -0.05) is 0 Å². The molecule has 0 aromatic carbocycles. The predicted octanol–water partition coefficient (Wildman–Crippen LogP) is 5.15. The second-order valence-corrected chi connectivity index (χ2v) is 10.1. The van der Waals surface area contributed by atoms with E-state index in [4.69, 9.17) is 4.98 Å². The van der Waals surface area contributed by atoms with Gasteiger partial charge in [0, 0.05) is 48.4 Å². The molecule has 0 unspecified atom stereocenters. The van der Waals surface area contributed by atoms with Crippen LogP contribution in [0.4, 0.5) is 5.69 Å². The minimum absolute atomic E-state index is 0.899. The molecule has 7 heterocycles. The van der Waals surface area contributed by atoms with Crippen LogP contribution >= 0.6 is 0 Å². The van der Waals surface area contributed by atoms with Crippen molar-refractivity contribution in [3.63, 3.8) is 0 Å². The number of hydrogen-bond donors (Lipinski definition) is 2. The van der Waals surface area contributed by atoms with Crippen LogP contribution in [-0.2, 0) is 6.54 Å². The molecular weight excluding hydrogens is 448 g/mol. The normalized spacial score (nSPS) is 16.9. The van der Waals surface area contributed by atoms with E-state index in [-0.39, 0.29) is 0 Å². The van der Waals surface area contributed by atoms with E-state index in [1.54, 1.807) is 0 Å². The lowest BCUT2D eigenvalue weighted by Crippen LogP contribution is -2.29. The molecule has 8 nitrogen and oxygen atoms in total. The van der Waals surface area contributed by atoms with Gasteiger partial charge < -0.3 is 9.88 Å². The first-order valence-electron chi connectivity index (χ1n) is 13.0. The van der Waals surface area contributed by atoms with Crippen LogP contribution in [0.25, 0.3) is 44.5 Å². The summed E-state index contributed by atoms with van der Waals surface area (Å²) in [5.41, 5.74) is 8.23. The highest BCUT2D eigenvalue weighted by Gasteiger charge is 2.18. The van der Waals surface area contributed by atoms with Crippen LogP contribution in [0.3, 0.4) is 0 Å². The first-order valence-corrected chi connectivity index (χ1v) is 13.0. The fourth-order valence-corrected chi connectivity index (χ4v) is 5.74. The molecule has 5 aromatic rings. The zero-order valence-electron chi connectivity index (χ0n) is 20.4. The van der Waals surface area contributed by atoms with Crippen LogP contribution in [0.5, 0.6) is 0 Å². The van der Waals surface area contributed by atoms with Gasteiger partial charge in [0.1, 0.15) is 5.69 Å². The number of aromatic amines is 2. The third-order valence-electron chi connectivity index (χ3n) is 7.62. The van der Waals surface area contributed by atoms with Gasteiger partial charge in [0.2, 0.25) is 0 Å². The highest BCUT2D eigenvalue weighted by Crippen LogP contribution is 2.34. The number of piperidine rings is 1. The molecule has 5 aromatic heterocycles. The molecule has 0 radical (unpaired) electrons. The molecule has 0 aliphatic carbocycles. The first kappa shape index (κ1) is 21.5. The Balaban J connectivity index is 1.25. The van der Waals surface area contributed by atoms with E-state index in [9.17, 15) is 0 Å². The van der Waals surface area contributed by atoms with Crippen LogP contribution in [0.15, 0.2) is 49.2 Å². The summed E-state index contributed by atoms with van der Waals surface area (Å²) < 4.78 is 0. The van der Waals surface area contributed by atoms with Crippen LogP contribution in [0.2, 0.25) is 0 Å². The SMILES string of the molecule is c1ncc(-c2cc3c(-c4cc5c(N6CCCCC6)cncc5[nH]4)n[nH]c3cn2)cc1CN1CCCC1. The lowest BCUT2D eigenvalue weighted by Gasteiger charge is -2.28. The largest absolute Gasteiger partial charge is 0.370 e. The number of rotatable bonds is 5. The van der Waals surface area contributed by atoms with Crippen molar-refractivity contribution in [3.8, 4) is 22.6 Å². The van der Waals surface area contributed by atoms with E-state index in [2.05, 4.69) is 53.1 Å². The van der Waals surface area contributed by atoms with Crippen LogP contribution in [0, 0.1) is 0 Å². The molecule has 8 heteroatoms. The molecular formula is C28H30N8. The molecule has 7 rings (SSSR count). The Bertz CT molecular complexity index is 1520. The smallest absolute Gasteiger partial charge is 0.116 e. The molecule has 0 atom stereocenters. The zero-order chi connectivity index (χ0) is 23.9. The number of likely N-dealkylation sites (tertiary alicyclic amines) is 1. The van der Waals surface area contributed by atoms with Crippen LogP contribution in [0.1, 0.15) is 37.7 Å². The minimum Gasteiger partial charge on any atom is -0.370 e. The number of nitrogens with one attached hydrogen (secondary N) is 2. The van der Waals surface area contributed by atoms with Gasteiger partial charge in [-0.3, -0.25) is 25.0 Å². The van der Waals surface area contributed by atoms with Crippen LogP contribution in [-0.4, -0.2) is 61.2 Å². The van der Waals surface area contributed by atoms with Gasteiger partial charge in [0.05, 0.1) is 46.7 Å². The summed E-state index contributed by atoms with van der Waals surface area (Å²) in [6, 6.07) is 6.56. The first-order chi connectivity index (χ1) is 17.8. The third-order valence-corrected chi connectivity index (χ3v) is 7.62. The van der Waals surface area contributed by atoms with Gasteiger partial charge in [-0.15, -0.1) is 0 Å². The number of hydrogen-bond acceptors (Lipinski definition) is 6. The van der Waals surface area contributed by atoms with Crippen molar-refractivity contribution >= 4 is 27.5 Å². The van der Waals surface area contributed by atoms with Gasteiger partial charge in [0.25, 0.3) is 0 Å². The zero-order valence-corrected chi connectivity index (χ0v) is 20.4. The predicted molar refractivity (Wildman–Crippen MR) is 143 cm³/mol. The average molecular weight is 479 g/mol. The summed E-state index contributed by atoms with van der Waals surface area (Å²) in [6.07, 6.45) is 16.0. The summed E-state index contributed by atoms with van der Waals surface area (Å²) in [5, 5.41) is 10.1. The van der Waals surface area contributed by atoms with Gasteiger partial charge in [0.15, 0.2) is 0 Å². The van der Waals surface area contributed by atoms with Gasteiger partial charge in [-0.2, -0.15) is 5.10 Å². The fraction of sp³-hybridized carbons (Fsp3) is 0.357. The standard InChI is InChI=1S/C28H30N8/c1-2-8-36(9-3-1)27-17-30-15-25-21(27)11-24(32-25)28-22-12-23(31-16-26(22)33-34-28)20-10-19(13-29-14-20)18-35-6-4-5-7-35/h10-17,32H,1-9,18H2,(H,33,34). The Kier molecular flexibility index (Phi) is 5.39. The molecule has 0 saturated carbocycles. The molecule has 0 amide bonds. The quantitative estimate of drug-likeness (QED) is 0.363. The summed E-state index contributed by atoms with van der Waals surface area (Å²) in [5.74, 6) is 0. The van der Waals surface area contributed by atoms with E-state index >= 15 is 0 Å². The van der Waals surface area contributed by atoms with Crippen molar-refractivity contribution in [2.75, 3.05) is 31.1 Å². The monoisotopic (exact) mass is 478 g/mol. The lowest BCUT2D eigenvalue weighted by molar-refractivity contribution is 0.331. The van der Waals surface area contributed by atoms with Crippen molar-refractivity contribution in [1.29, 1.82) is 0 Å². The maximum Gasteiger partial charge on any atom is 0.116 e. The van der Waals surface area contributed by atoms with E-state index in [0.717, 1.165) is 58.7 Å². The molecule has 2 N–H and O–H groups in total. The van der Waals surface area contributed by atoms with Gasteiger partial charge >= 0.3 is 0 Å². The average Bonchev–Trinajstić information content (AvgIpc) is 3.68. The maximum absolute atomic E-state index is 4.72. The summed E-state index contributed by atoms with van der Waals surface area (Å²) in [6.45, 7) is 5.47. The molecule has 0 bridgehead atoms. The second kappa shape index (κ2) is 9.02. The molecule has 2 aliphatic rings. The fourth-order valence-electron chi connectivity index (χ4n) is 5.74. The molecule has 2 saturated heterocycles. The minimum atomic E-state index is 0.899. The number of anilines is 1. The van der Waals surface area contributed by atoms with E-state index in [0.29, 0.717) is 0 Å². The van der Waals surface area contributed by atoms with Crippen molar-refractivity contribution in [2.24, 2.45) is 0 Å². The summed E-state index contributed by atoms with van der Waals surface area (Å²) in [4.78, 5) is 22.3. The highest BCUT2D eigenvalue weighted by atomic mass is 15.1. The molecule has 36 heavy (non-hydrogen) atoms. The van der Waals surface area contributed by atoms with E-state index < -0.39 is 0 Å². The van der Waals surface area contributed by atoms with Crippen molar-refractivity contribution in [2.45, 2.75) is 38.6 Å². The Hall–Kier alpha value is -3.78.